The highest BCUT2D eigenvalue weighted by molar-refractivity contribution is 7.14. The Morgan fingerprint density at radius 3 is 2.70 bits per heavy atom. The SMILES string of the molecule is CC[C@@H](CC(=O)N1CC(=O)NC[C@H](Cc2cc(Cl)ccc2OC)C1=O)c1ccc(C(=O)O)s1. The van der Waals surface area contributed by atoms with Crippen LogP contribution < -0.4 is 10.1 Å². The number of carboxylic acids is 1. The maximum atomic E-state index is 13.3. The van der Waals surface area contributed by atoms with Gasteiger partial charge in [0.2, 0.25) is 17.7 Å². The second-order valence-electron chi connectivity index (χ2n) is 7.80. The number of ether oxygens (including phenoxy) is 1. The molecular weight excluding hydrogens is 468 g/mol. The number of carbonyl (C=O) groups is 4. The molecule has 2 atom stereocenters. The van der Waals surface area contributed by atoms with Gasteiger partial charge in [-0.25, -0.2) is 4.79 Å². The van der Waals surface area contributed by atoms with Crippen LogP contribution >= 0.6 is 22.9 Å². The summed E-state index contributed by atoms with van der Waals surface area (Å²) in [4.78, 5) is 51.8. The lowest BCUT2D eigenvalue weighted by atomic mass is 9.96. The minimum absolute atomic E-state index is 0.00228. The topological polar surface area (TPSA) is 113 Å². The van der Waals surface area contributed by atoms with Gasteiger partial charge >= 0.3 is 5.97 Å². The number of aromatic carboxylic acids is 1. The van der Waals surface area contributed by atoms with Crippen LogP contribution in [0.3, 0.4) is 0 Å². The van der Waals surface area contributed by atoms with E-state index in [2.05, 4.69) is 5.32 Å². The smallest absolute Gasteiger partial charge is 0.345 e. The van der Waals surface area contributed by atoms with Crippen molar-refractivity contribution < 1.29 is 29.0 Å². The minimum atomic E-state index is -1.02. The lowest BCUT2D eigenvalue weighted by molar-refractivity contribution is -0.148. The number of methoxy groups -OCH3 is 1. The van der Waals surface area contributed by atoms with E-state index in [4.69, 9.17) is 21.4 Å². The quantitative estimate of drug-likeness (QED) is 0.584. The first-order valence-electron chi connectivity index (χ1n) is 10.5. The summed E-state index contributed by atoms with van der Waals surface area (Å²) in [6, 6.07) is 8.30. The highest BCUT2D eigenvalue weighted by atomic mass is 35.5. The number of nitrogens with zero attached hydrogens (tertiary/aromatic N) is 1. The van der Waals surface area contributed by atoms with E-state index in [0.29, 0.717) is 22.8 Å². The molecule has 2 aromatic rings. The van der Waals surface area contributed by atoms with Crippen molar-refractivity contribution in [3.8, 4) is 5.75 Å². The molecule has 1 aromatic carbocycles. The molecule has 8 nitrogen and oxygen atoms in total. The maximum absolute atomic E-state index is 13.3. The third kappa shape index (κ3) is 5.91. The lowest BCUT2D eigenvalue weighted by Gasteiger charge is -2.24. The number of imide groups is 1. The first-order chi connectivity index (χ1) is 15.7. The Morgan fingerprint density at radius 2 is 2.06 bits per heavy atom. The van der Waals surface area contributed by atoms with Crippen LogP contribution in [0.4, 0.5) is 0 Å². The van der Waals surface area contributed by atoms with Crippen LogP contribution in [-0.4, -0.2) is 53.9 Å². The summed E-state index contributed by atoms with van der Waals surface area (Å²) in [6.45, 7) is 1.65. The Morgan fingerprint density at radius 1 is 1.30 bits per heavy atom. The van der Waals surface area contributed by atoms with Gasteiger partial charge in [-0.2, -0.15) is 0 Å². The summed E-state index contributed by atoms with van der Waals surface area (Å²) in [5.41, 5.74) is 0.707. The Labute approximate surface area is 200 Å². The van der Waals surface area contributed by atoms with E-state index in [1.165, 1.54) is 13.2 Å². The molecule has 0 saturated carbocycles. The van der Waals surface area contributed by atoms with Gasteiger partial charge in [-0.1, -0.05) is 18.5 Å². The van der Waals surface area contributed by atoms with Crippen molar-refractivity contribution in [1.82, 2.24) is 10.2 Å². The molecule has 3 rings (SSSR count). The van der Waals surface area contributed by atoms with Gasteiger partial charge in [-0.05, 0) is 48.7 Å². The fourth-order valence-corrected chi connectivity index (χ4v) is 5.04. The summed E-state index contributed by atoms with van der Waals surface area (Å²) in [5, 5.41) is 12.4. The second-order valence-corrected chi connectivity index (χ2v) is 9.35. The van der Waals surface area contributed by atoms with E-state index in [1.54, 1.807) is 24.3 Å². The highest BCUT2D eigenvalue weighted by Crippen LogP contribution is 2.31. The molecule has 1 aromatic heterocycles. The van der Waals surface area contributed by atoms with Crippen molar-refractivity contribution in [2.75, 3.05) is 20.2 Å². The third-order valence-corrected chi connectivity index (χ3v) is 7.10. The van der Waals surface area contributed by atoms with Gasteiger partial charge in [0.25, 0.3) is 0 Å². The van der Waals surface area contributed by atoms with Gasteiger partial charge in [0.1, 0.15) is 17.2 Å². The van der Waals surface area contributed by atoms with Crippen molar-refractivity contribution in [3.63, 3.8) is 0 Å². The fourth-order valence-electron chi connectivity index (χ4n) is 3.82. The van der Waals surface area contributed by atoms with Crippen molar-refractivity contribution in [2.45, 2.75) is 32.1 Å². The molecule has 0 bridgehead atoms. The molecule has 2 N–H and O–H groups in total. The largest absolute Gasteiger partial charge is 0.496 e. The van der Waals surface area contributed by atoms with Crippen LogP contribution in [0.2, 0.25) is 5.02 Å². The number of benzene rings is 1. The van der Waals surface area contributed by atoms with Crippen molar-refractivity contribution in [3.05, 3.63) is 50.7 Å². The van der Waals surface area contributed by atoms with E-state index >= 15 is 0 Å². The normalized spacial score (nSPS) is 17.3. The molecule has 0 radical (unpaired) electrons. The number of carboxylic acid groups (broad SMARTS) is 1. The Bertz CT molecular complexity index is 1070. The molecule has 2 heterocycles. The van der Waals surface area contributed by atoms with Crippen LogP contribution in [-0.2, 0) is 20.8 Å². The lowest BCUT2D eigenvalue weighted by Crippen LogP contribution is -2.43. The maximum Gasteiger partial charge on any atom is 0.345 e. The number of amides is 3. The zero-order valence-electron chi connectivity index (χ0n) is 18.3. The number of halogens is 1. The first-order valence-corrected chi connectivity index (χ1v) is 11.7. The zero-order valence-corrected chi connectivity index (χ0v) is 19.9. The summed E-state index contributed by atoms with van der Waals surface area (Å²) in [5.74, 6) is -2.67. The van der Waals surface area contributed by atoms with Crippen molar-refractivity contribution >= 4 is 46.6 Å². The molecule has 176 valence electrons. The standard InChI is InChI=1S/C23H25ClN2O6S/c1-3-13(18-6-7-19(33-18)23(30)31)10-21(28)26-12-20(27)25-11-15(22(26)29)8-14-9-16(24)4-5-17(14)32-2/h4-7,9,13,15H,3,8,10-12H2,1-2H3,(H,25,27)(H,30,31)/t13-,15-/m0/s1. The Balaban J connectivity index is 1.79. The average Bonchev–Trinajstić information content (AvgIpc) is 3.23. The van der Waals surface area contributed by atoms with E-state index < -0.39 is 29.6 Å². The Hall–Kier alpha value is -2.91. The number of hydrogen-bond donors (Lipinski definition) is 2. The molecule has 1 fully saturated rings. The molecule has 1 aliphatic rings. The van der Waals surface area contributed by atoms with Gasteiger partial charge in [-0.15, -0.1) is 11.3 Å². The number of hydrogen-bond acceptors (Lipinski definition) is 6. The van der Waals surface area contributed by atoms with Crippen LogP contribution in [0, 0.1) is 5.92 Å². The van der Waals surface area contributed by atoms with Crippen LogP contribution in [0.15, 0.2) is 30.3 Å². The van der Waals surface area contributed by atoms with E-state index in [0.717, 1.165) is 21.1 Å². The molecule has 33 heavy (non-hydrogen) atoms. The molecule has 0 spiro atoms. The van der Waals surface area contributed by atoms with E-state index in [9.17, 15) is 19.2 Å². The zero-order chi connectivity index (χ0) is 24.1. The molecular formula is C23H25ClN2O6S. The van der Waals surface area contributed by atoms with Gasteiger partial charge < -0.3 is 15.2 Å². The van der Waals surface area contributed by atoms with E-state index in [1.807, 2.05) is 6.92 Å². The third-order valence-electron chi connectivity index (χ3n) is 5.63. The number of carbonyl (C=O) groups excluding carboxylic acids is 3. The average molecular weight is 493 g/mol. The predicted octanol–water partition coefficient (Wildman–Crippen LogP) is 3.34. The van der Waals surface area contributed by atoms with Crippen LogP contribution in [0.5, 0.6) is 5.75 Å². The minimum Gasteiger partial charge on any atom is -0.496 e. The summed E-state index contributed by atoms with van der Waals surface area (Å²) in [6.07, 6.45) is 0.835. The van der Waals surface area contributed by atoms with Crippen LogP contribution in [0.1, 0.15) is 45.8 Å². The first kappa shape index (κ1) is 24.7. The molecule has 10 heteroatoms. The van der Waals surface area contributed by atoms with Gasteiger partial charge in [0, 0.05) is 28.8 Å². The van der Waals surface area contributed by atoms with Crippen molar-refractivity contribution in [1.29, 1.82) is 0 Å². The molecule has 0 aliphatic carbocycles. The van der Waals surface area contributed by atoms with Gasteiger partial charge in [-0.3, -0.25) is 19.3 Å². The molecule has 3 amide bonds. The fraction of sp³-hybridized carbons (Fsp3) is 0.391. The highest BCUT2D eigenvalue weighted by Gasteiger charge is 2.35. The summed E-state index contributed by atoms with van der Waals surface area (Å²) in [7, 11) is 1.52. The summed E-state index contributed by atoms with van der Waals surface area (Å²) < 4.78 is 5.36. The van der Waals surface area contributed by atoms with E-state index in [-0.39, 0.29) is 36.7 Å². The molecule has 1 aliphatic heterocycles. The molecule has 1 saturated heterocycles. The Kier molecular flexibility index (Phi) is 8.10. The number of rotatable bonds is 8. The molecule has 0 unspecified atom stereocenters. The summed E-state index contributed by atoms with van der Waals surface area (Å²) >= 11 is 7.22. The predicted molar refractivity (Wildman–Crippen MR) is 124 cm³/mol. The van der Waals surface area contributed by atoms with Gasteiger partial charge in [0.15, 0.2) is 0 Å². The number of nitrogens with one attached hydrogen (secondary N) is 1. The second kappa shape index (κ2) is 10.8. The van der Waals surface area contributed by atoms with Crippen molar-refractivity contribution in [2.24, 2.45) is 5.92 Å². The number of thiophene rings is 1. The van der Waals surface area contributed by atoms with Gasteiger partial charge in [0.05, 0.1) is 13.0 Å². The monoisotopic (exact) mass is 492 g/mol. The van der Waals surface area contributed by atoms with Crippen LogP contribution in [0.25, 0.3) is 0 Å².